The molecule has 5 heteroatoms. The van der Waals surface area contributed by atoms with Gasteiger partial charge in [-0.25, -0.2) is 0 Å². The second-order valence-electron chi connectivity index (χ2n) is 4.15. The van der Waals surface area contributed by atoms with E-state index in [0.29, 0.717) is 5.15 Å². The highest BCUT2D eigenvalue weighted by atomic mass is 35.5. The van der Waals surface area contributed by atoms with Crippen molar-refractivity contribution >= 4 is 29.1 Å². The van der Waals surface area contributed by atoms with Crippen LogP contribution in [0, 0.1) is 0 Å². The number of rotatable bonds is 2. The predicted molar refractivity (Wildman–Crippen MR) is 60.0 cm³/mol. The molecule has 1 aliphatic rings. The zero-order chi connectivity index (χ0) is 10.0. The van der Waals surface area contributed by atoms with E-state index in [4.69, 9.17) is 11.6 Å². The molecule has 0 radical (unpaired) electrons. The summed E-state index contributed by atoms with van der Waals surface area (Å²) in [5.74, 6) is 0.751. The summed E-state index contributed by atoms with van der Waals surface area (Å²) in [4.78, 5) is 0. The summed E-state index contributed by atoms with van der Waals surface area (Å²) in [5, 5.41) is 3.91. The first-order chi connectivity index (χ1) is 6.70. The fourth-order valence-corrected chi connectivity index (χ4v) is 2.64. The average Bonchev–Trinajstić information content (AvgIpc) is 2.52. The molecule has 1 aliphatic carbocycles. The largest absolute Gasteiger partial charge is 0.361 e. The number of aromatic nitrogens is 2. The van der Waals surface area contributed by atoms with Crippen LogP contribution < -0.4 is 5.32 Å². The van der Waals surface area contributed by atoms with Crippen LogP contribution in [-0.4, -0.2) is 14.3 Å². The van der Waals surface area contributed by atoms with Gasteiger partial charge >= 0.3 is 0 Å². The van der Waals surface area contributed by atoms with Crippen molar-refractivity contribution in [1.82, 2.24) is 8.75 Å². The lowest BCUT2D eigenvalue weighted by Crippen LogP contribution is -2.36. The Hall–Kier alpha value is -0.350. The van der Waals surface area contributed by atoms with Gasteiger partial charge in [-0.3, -0.25) is 0 Å². The van der Waals surface area contributed by atoms with Crippen LogP contribution in [0.15, 0.2) is 0 Å². The summed E-state index contributed by atoms with van der Waals surface area (Å²) >= 11 is 7.05. The van der Waals surface area contributed by atoms with Gasteiger partial charge < -0.3 is 5.32 Å². The highest BCUT2D eigenvalue weighted by molar-refractivity contribution is 6.99. The van der Waals surface area contributed by atoms with Crippen LogP contribution in [0.25, 0.3) is 0 Å². The summed E-state index contributed by atoms with van der Waals surface area (Å²) in [6, 6.07) is 0. The van der Waals surface area contributed by atoms with Crippen LogP contribution in [0.4, 0.5) is 5.82 Å². The van der Waals surface area contributed by atoms with E-state index in [1.807, 2.05) is 0 Å². The van der Waals surface area contributed by atoms with E-state index < -0.39 is 0 Å². The van der Waals surface area contributed by atoms with Crippen molar-refractivity contribution in [1.29, 1.82) is 0 Å². The van der Waals surface area contributed by atoms with Gasteiger partial charge in [0.2, 0.25) is 0 Å². The van der Waals surface area contributed by atoms with Crippen LogP contribution in [0.2, 0.25) is 5.15 Å². The molecular weight excluding hydrogens is 218 g/mol. The van der Waals surface area contributed by atoms with E-state index in [2.05, 4.69) is 21.0 Å². The first-order valence-corrected chi connectivity index (χ1v) is 6.07. The molecule has 0 unspecified atom stereocenters. The molecule has 0 amide bonds. The molecule has 1 aromatic rings. The maximum absolute atomic E-state index is 5.90. The van der Waals surface area contributed by atoms with E-state index in [0.717, 1.165) is 17.5 Å². The minimum Gasteiger partial charge on any atom is -0.361 e. The molecular formula is C9H14ClN3S. The zero-order valence-corrected chi connectivity index (χ0v) is 9.79. The van der Waals surface area contributed by atoms with E-state index in [9.17, 15) is 0 Å². The summed E-state index contributed by atoms with van der Waals surface area (Å²) in [5.41, 5.74) is 0.164. The minimum atomic E-state index is 0.164. The van der Waals surface area contributed by atoms with Crippen molar-refractivity contribution < 1.29 is 0 Å². The van der Waals surface area contributed by atoms with Gasteiger partial charge in [-0.2, -0.15) is 8.75 Å². The van der Waals surface area contributed by atoms with Gasteiger partial charge in [-0.05, 0) is 19.8 Å². The lowest BCUT2D eigenvalue weighted by atomic mass is 9.83. The lowest BCUT2D eigenvalue weighted by molar-refractivity contribution is 0.349. The van der Waals surface area contributed by atoms with Gasteiger partial charge in [0.1, 0.15) is 0 Å². The molecule has 1 fully saturated rings. The first-order valence-electron chi connectivity index (χ1n) is 4.96. The molecule has 0 aromatic carbocycles. The van der Waals surface area contributed by atoms with Crippen molar-refractivity contribution in [2.24, 2.45) is 0 Å². The van der Waals surface area contributed by atoms with E-state index >= 15 is 0 Å². The van der Waals surface area contributed by atoms with Gasteiger partial charge in [0.25, 0.3) is 0 Å². The number of nitrogens with one attached hydrogen (secondary N) is 1. The molecule has 0 atom stereocenters. The minimum absolute atomic E-state index is 0.164. The van der Waals surface area contributed by atoms with Crippen molar-refractivity contribution in [3.63, 3.8) is 0 Å². The standard InChI is InChI=1S/C9H14ClN3S/c1-9(5-3-2-4-6-9)11-8-7(10)12-14-13-8/h2-6H2,1H3,(H,11,13). The second-order valence-corrected chi connectivity index (χ2v) is 5.04. The molecule has 1 heterocycles. The second kappa shape index (κ2) is 4.03. The SMILES string of the molecule is CC1(Nc2nsnc2Cl)CCCCC1. The molecule has 1 N–H and O–H groups in total. The van der Waals surface area contributed by atoms with E-state index in [1.165, 1.54) is 32.1 Å². The third-order valence-corrected chi connectivity index (χ3v) is 3.72. The van der Waals surface area contributed by atoms with Gasteiger partial charge in [-0.15, -0.1) is 0 Å². The van der Waals surface area contributed by atoms with Crippen LogP contribution >= 0.6 is 23.3 Å². The fraction of sp³-hybridized carbons (Fsp3) is 0.778. The van der Waals surface area contributed by atoms with Gasteiger partial charge in [-0.1, -0.05) is 30.9 Å². The normalized spacial score (nSPS) is 20.7. The number of nitrogens with zero attached hydrogens (tertiary/aromatic N) is 2. The smallest absolute Gasteiger partial charge is 0.186 e. The summed E-state index contributed by atoms with van der Waals surface area (Å²) < 4.78 is 8.09. The quantitative estimate of drug-likeness (QED) is 0.849. The topological polar surface area (TPSA) is 37.8 Å². The van der Waals surface area contributed by atoms with Crippen molar-refractivity contribution in [2.45, 2.75) is 44.6 Å². The molecule has 1 aromatic heterocycles. The monoisotopic (exact) mass is 231 g/mol. The Labute approximate surface area is 93.2 Å². The zero-order valence-electron chi connectivity index (χ0n) is 8.22. The van der Waals surface area contributed by atoms with Crippen LogP contribution in [0.5, 0.6) is 0 Å². The molecule has 78 valence electrons. The molecule has 0 bridgehead atoms. The van der Waals surface area contributed by atoms with Crippen molar-refractivity contribution in [2.75, 3.05) is 5.32 Å². The maximum atomic E-state index is 5.90. The summed E-state index contributed by atoms with van der Waals surface area (Å²) in [6.45, 7) is 2.24. The third kappa shape index (κ3) is 2.17. The van der Waals surface area contributed by atoms with Crippen molar-refractivity contribution in [3.8, 4) is 0 Å². The molecule has 1 saturated carbocycles. The maximum Gasteiger partial charge on any atom is 0.186 e. The Morgan fingerprint density at radius 3 is 2.57 bits per heavy atom. The molecule has 2 rings (SSSR count). The highest BCUT2D eigenvalue weighted by Crippen LogP contribution is 2.32. The lowest BCUT2D eigenvalue weighted by Gasteiger charge is -2.34. The average molecular weight is 232 g/mol. The molecule has 0 spiro atoms. The Bertz CT molecular complexity index is 307. The number of hydrogen-bond acceptors (Lipinski definition) is 4. The van der Waals surface area contributed by atoms with Gasteiger partial charge in [0, 0.05) is 5.54 Å². The van der Waals surface area contributed by atoms with E-state index in [1.54, 1.807) is 0 Å². The highest BCUT2D eigenvalue weighted by Gasteiger charge is 2.27. The molecule has 0 aliphatic heterocycles. The number of anilines is 1. The fourth-order valence-electron chi connectivity index (χ4n) is 2.00. The van der Waals surface area contributed by atoms with Crippen LogP contribution in [0.1, 0.15) is 39.0 Å². The first kappa shape index (κ1) is 10.2. The van der Waals surface area contributed by atoms with Crippen molar-refractivity contribution in [3.05, 3.63) is 5.15 Å². The Kier molecular flexibility index (Phi) is 2.93. The Balaban J connectivity index is 2.05. The molecule has 0 saturated heterocycles. The number of hydrogen-bond donors (Lipinski definition) is 1. The predicted octanol–water partition coefficient (Wildman–Crippen LogP) is 3.33. The number of halogens is 1. The third-order valence-electron chi connectivity index (χ3n) is 2.83. The van der Waals surface area contributed by atoms with Gasteiger partial charge in [0.15, 0.2) is 11.0 Å². The molecule has 14 heavy (non-hydrogen) atoms. The Morgan fingerprint density at radius 1 is 1.29 bits per heavy atom. The Morgan fingerprint density at radius 2 is 2.00 bits per heavy atom. The molecule has 3 nitrogen and oxygen atoms in total. The van der Waals surface area contributed by atoms with Gasteiger partial charge in [0.05, 0.1) is 11.7 Å². The van der Waals surface area contributed by atoms with E-state index in [-0.39, 0.29) is 5.54 Å². The summed E-state index contributed by atoms with van der Waals surface area (Å²) in [6.07, 6.45) is 6.32. The van der Waals surface area contributed by atoms with Crippen LogP contribution in [0.3, 0.4) is 0 Å². The van der Waals surface area contributed by atoms with Crippen LogP contribution in [-0.2, 0) is 0 Å². The summed E-state index contributed by atoms with van der Waals surface area (Å²) in [7, 11) is 0.